The fourth-order valence-corrected chi connectivity index (χ4v) is 4.32. The molecular formula is C12H24N4O3S. The van der Waals surface area contributed by atoms with Crippen molar-refractivity contribution in [1.29, 1.82) is 5.41 Å². The van der Waals surface area contributed by atoms with Crippen molar-refractivity contribution >= 4 is 16.0 Å². The Hall–Kier alpha value is -0.700. The average molecular weight is 304 g/mol. The molecule has 116 valence electrons. The molecule has 0 aromatic rings. The Balaban J connectivity index is 2.04. The maximum absolute atomic E-state index is 12.4. The molecular weight excluding hydrogens is 280 g/mol. The molecule has 1 saturated heterocycles. The molecule has 1 saturated carbocycles. The fourth-order valence-electron chi connectivity index (χ4n) is 2.90. The summed E-state index contributed by atoms with van der Waals surface area (Å²) in [5.41, 5.74) is 5.62. The van der Waals surface area contributed by atoms with Crippen molar-refractivity contribution in [3.63, 3.8) is 0 Å². The highest BCUT2D eigenvalue weighted by Crippen LogP contribution is 2.27. The van der Waals surface area contributed by atoms with Gasteiger partial charge in [0.1, 0.15) is 5.84 Å². The van der Waals surface area contributed by atoms with Gasteiger partial charge in [0.05, 0.1) is 19.3 Å². The second kappa shape index (κ2) is 6.84. The summed E-state index contributed by atoms with van der Waals surface area (Å²) in [7, 11) is -3.59. The number of nitrogens with zero attached hydrogens (tertiary/aromatic N) is 1. The maximum Gasteiger partial charge on any atom is 0.280 e. The van der Waals surface area contributed by atoms with E-state index < -0.39 is 16.3 Å². The number of hydrogen-bond donors (Lipinski definition) is 3. The third kappa shape index (κ3) is 3.91. The number of amidine groups is 1. The SMILES string of the molecule is N=C(N)C(NS(=O)(=O)N1CCOCC1)C1CCCCC1. The maximum atomic E-state index is 12.4. The Morgan fingerprint density at radius 1 is 1.25 bits per heavy atom. The minimum atomic E-state index is -3.59. The zero-order valence-corrected chi connectivity index (χ0v) is 12.5. The Morgan fingerprint density at radius 2 is 1.85 bits per heavy atom. The van der Waals surface area contributed by atoms with E-state index in [1.54, 1.807) is 0 Å². The molecule has 20 heavy (non-hydrogen) atoms. The number of nitrogens with one attached hydrogen (secondary N) is 2. The van der Waals surface area contributed by atoms with Gasteiger partial charge in [-0.3, -0.25) is 5.41 Å². The first-order valence-corrected chi connectivity index (χ1v) is 8.64. The third-order valence-corrected chi connectivity index (χ3v) is 5.64. The molecule has 2 fully saturated rings. The van der Waals surface area contributed by atoms with Crippen molar-refractivity contribution in [3.8, 4) is 0 Å². The summed E-state index contributed by atoms with van der Waals surface area (Å²) in [5, 5.41) is 7.69. The highest BCUT2D eigenvalue weighted by molar-refractivity contribution is 7.87. The Labute approximate surface area is 120 Å². The van der Waals surface area contributed by atoms with Crippen LogP contribution < -0.4 is 10.5 Å². The summed E-state index contributed by atoms with van der Waals surface area (Å²) >= 11 is 0. The quantitative estimate of drug-likeness (QED) is 0.492. The monoisotopic (exact) mass is 304 g/mol. The second-order valence-corrected chi connectivity index (χ2v) is 7.17. The lowest BCUT2D eigenvalue weighted by atomic mass is 9.84. The predicted octanol–water partition coefficient (Wildman–Crippen LogP) is 0.0379. The van der Waals surface area contributed by atoms with Crippen molar-refractivity contribution in [3.05, 3.63) is 0 Å². The van der Waals surface area contributed by atoms with E-state index in [1.165, 1.54) is 10.7 Å². The largest absolute Gasteiger partial charge is 0.386 e. The first kappa shape index (κ1) is 15.7. The molecule has 0 spiro atoms. The van der Waals surface area contributed by atoms with Gasteiger partial charge in [-0.1, -0.05) is 19.3 Å². The van der Waals surface area contributed by atoms with Crippen LogP contribution in [0, 0.1) is 11.3 Å². The minimum Gasteiger partial charge on any atom is -0.386 e. The van der Waals surface area contributed by atoms with E-state index in [9.17, 15) is 8.42 Å². The molecule has 7 nitrogen and oxygen atoms in total. The highest BCUT2D eigenvalue weighted by Gasteiger charge is 2.33. The van der Waals surface area contributed by atoms with E-state index >= 15 is 0 Å². The topological polar surface area (TPSA) is 109 Å². The van der Waals surface area contributed by atoms with E-state index in [4.69, 9.17) is 15.9 Å². The molecule has 1 atom stereocenters. The number of nitrogens with two attached hydrogens (primary N) is 1. The third-order valence-electron chi connectivity index (χ3n) is 4.04. The van der Waals surface area contributed by atoms with Crippen LogP contribution in [0.15, 0.2) is 0 Å². The summed E-state index contributed by atoms with van der Waals surface area (Å²) in [6.07, 6.45) is 5.19. The molecule has 0 amide bonds. The number of rotatable bonds is 5. The minimum absolute atomic E-state index is 0.0891. The van der Waals surface area contributed by atoms with Crippen LogP contribution in [0.2, 0.25) is 0 Å². The van der Waals surface area contributed by atoms with Gasteiger partial charge in [-0.25, -0.2) is 0 Å². The number of ether oxygens (including phenoxy) is 1. The molecule has 2 aliphatic rings. The molecule has 0 bridgehead atoms. The summed E-state index contributed by atoms with van der Waals surface area (Å²) in [6.45, 7) is 1.53. The molecule has 1 unspecified atom stereocenters. The van der Waals surface area contributed by atoms with E-state index in [-0.39, 0.29) is 11.8 Å². The van der Waals surface area contributed by atoms with Crippen LogP contribution in [-0.2, 0) is 14.9 Å². The Kier molecular flexibility index (Phi) is 5.36. The van der Waals surface area contributed by atoms with Crippen LogP contribution in [0.1, 0.15) is 32.1 Å². The van der Waals surface area contributed by atoms with Crippen molar-refractivity contribution in [1.82, 2.24) is 9.03 Å². The molecule has 1 heterocycles. The van der Waals surface area contributed by atoms with Crippen molar-refractivity contribution in [2.75, 3.05) is 26.3 Å². The summed E-state index contributed by atoms with van der Waals surface area (Å²) in [4.78, 5) is 0. The zero-order chi connectivity index (χ0) is 14.6. The Bertz CT molecular complexity index is 428. The second-order valence-electron chi connectivity index (χ2n) is 5.47. The van der Waals surface area contributed by atoms with Gasteiger partial charge >= 0.3 is 0 Å². The van der Waals surface area contributed by atoms with Gasteiger partial charge in [-0.15, -0.1) is 0 Å². The predicted molar refractivity (Wildman–Crippen MR) is 76.7 cm³/mol. The molecule has 1 aliphatic heterocycles. The van der Waals surface area contributed by atoms with Gasteiger partial charge in [-0.2, -0.15) is 17.4 Å². The van der Waals surface area contributed by atoms with Crippen LogP contribution in [0.5, 0.6) is 0 Å². The van der Waals surface area contributed by atoms with Crippen LogP contribution in [0.3, 0.4) is 0 Å². The Morgan fingerprint density at radius 3 is 2.40 bits per heavy atom. The van der Waals surface area contributed by atoms with Crippen molar-refractivity contribution in [2.45, 2.75) is 38.1 Å². The molecule has 2 rings (SSSR count). The van der Waals surface area contributed by atoms with E-state index in [2.05, 4.69) is 4.72 Å². The number of morpholine rings is 1. The lowest BCUT2D eigenvalue weighted by Crippen LogP contribution is -2.55. The normalized spacial score (nSPS) is 24.4. The zero-order valence-electron chi connectivity index (χ0n) is 11.7. The van der Waals surface area contributed by atoms with E-state index in [0.717, 1.165) is 25.7 Å². The van der Waals surface area contributed by atoms with Crippen molar-refractivity contribution < 1.29 is 13.2 Å². The van der Waals surface area contributed by atoms with E-state index in [1.807, 2.05) is 0 Å². The molecule has 0 aromatic carbocycles. The smallest absolute Gasteiger partial charge is 0.280 e. The van der Waals surface area contributed by atoms with E-state index in [0.29, 0.717) is 26.3 Å². The molecule has 8 heteroatoms. The molecule has 0 aromatic heterocycles. The van der Waals surface area contributed by atoms with Gasteiger partial charge < -0.3 is 10.5 Å². The fraction of sp³-hybridized carbons (Fsp3) is 0.917. The van der Waals surface area contributed by atoms with Crippen molar-refractivity contribution in [2.24, 2.45) is 11.7 Å². The molecule has 0 radical (unpaired) electrons. The highest BCUT2D eigenvalue weighted by atomic mass is 32.2. The standard InChI is InChI=1S/C12H24N4O3S/c13-12(14)11(10-4-2-1-3-5-10)15-20(17,18)16-6-8-19-9-7-16/h10-11,15H,1-9H2,(H3,13,14). The first-order chi connectivity index (χ1) is 9.50. The van der Waals surface area contributed by atoms with Gasteiger partial charge in [0.2, 0.25) is 0 Å². The van der Waals surface area contributed by atoms with Crippen LogP contribution in [-0.4, -0.2) is 50.9 Å². The summed E-state index contributed by atoms with van der Waals surface area (Å²) < 4.78 is 33.9. The van der Waals surface area contributed by atoms with Gasteiger partial charge in [-0.05, 0) is 18.8 Å². The van der Waals surface area contributed by atoms with Gasteiger partial charge in [0.15, 0.2) is 0 Å². The number of hydrogen-bond acceptors (Lipinski definition) is 4. The van der Waals surface area contributed by atoms with Gasteiger partial charge in [0, 0.05) is 13.1 Å². The average Bonchev–Trinajstić information content (AvgIpc) is 2.46. The summed E-state index contributed by atoms with van der Waals surface area (Å²) in [6, 6.07) is -0.580. The van der Waals surface area contributed by atoms with Crippen LogP contribution in [0.25, 0.3) is 0 Å². The first-order valence-electron chi connectivity index (χ1n) is 7.20. The van der Waals surface area contributed by atoms with Gasteiger partial charge in [0.25, 0.3) is 10.2 Å². The van der Waals surface area contributed by atoms with Crippen LogP contribution >= 0.6 is 0 Å². The van der Waals surface area contributed by atoms with Crippen LogP contribution in [0.4, 0.5) is 0 Å². The lowest BCUT2D eigenvalue weighted by molar-refractivity contribution is 0.0722. The molecule has 1 aliphatic carbocycles. The lowest BCUT2D eigenvalue weighted by Gasteiger charge is -2.33. The summed E-state index contributed by atoms with van der Waals surface area (Å²) in [5.74, 6) is 0.0470. The molecule has 4 N–H and O–H groups in total.